The molecule has 40 heavy (non-hydrogen) atoms. The number of likely N-dealkylation sites (tertiary alicyclic amines) is 1. The number of anilines is 2. The lowest BCUT2D eigenvalue weighted by Gasteiger charge is -2.40. The van der Waals surface area contributed by atoms with Gasteiger partial charge in [-0.15, -0.1) is 0 Å². The predicted octanol–water partition coefficient (Wildman–Crippen LogP) is 3.08. The summed E-state index contributed by atoms with van der Waals surface area (Å²) in [4.78, 5) is 57.4. The number of piperidine rings is 1. The van der Waals surface area contributed by atoms with Crippen LogP contribution in [0.15, 0.2) is 18.2 Å². The number of methoxy groups -OCH3 is 1. The number of benzene rings is 1. The molecule has 220 valence electrons. The van der Waals surface area contributed by atoms with Crippen molar-refractivity contribution in [3.05, 3.63) is 18.2 Å². The Balaban J connectivity index is 1.63. The molecule has 1 aromatic carbocycles. The molecule has 2 atom stereocenters. The number of nitrogens with two attached hydrogens (primary N) is 1. The van der Waals surface area contributed by atoms with E-state index in [4.69, 9.17) is 19.9 Å². The first-order chi connectivity index (χ1) is 18.7. The first-order valence-corrected chi connectivity index (χ1v) is 14.0. The molecule has 0 aromatic heterocycles. The second-order valence-corrected chi connectivity index (χ2v) is 12.4. The van der Waals surface area contributed by atoms with Crippen LogP contribution in [0.3, 0.4) is 0 Å². The molecule has 2 aliphatic heterocycles. The minimum absolute atomic E-state index is 0.00641. The zero-order chi connectivity index (χ0) is 29.4. The molecule has 2 fully saturated rings. The maximum absolute atomic E-state index is 14.1. The van der Waals surface area contributed by atoms with Crippen molar-refractivity contribution in [2.24, 2.45) is 17.6 Å². The average Bonchev–Trinajstić information content (AvgIpc) is 3.70. The Labute approximate surface area is 235 Å². The quantitative estimate of drug-likeness (QED) is 0.485. The van der Waals surface area contributed by atoms with Gasteiger partial charge in [0.1, 0.15) is 11.4 Å². The van der Waals surface area contributed by atoms with E-state index < -0.39 is 35.0 Å². The van der Waals surface area contributed by atoms with Crippen molar-refractivity contribution in [1.29, 1.82) is 0 Å². The molecule has 11 heteroatoms. The predicted molar refractivity (Wildman–Crippen MR) is 149 cm³/mol. The molecule has 4 amide bonds. The van der Waals surface area contributed by atoms with E-state index in [0.717, 1.165) is 12.8 Å². The van der Waals surface area contributed by atoms with Gasteiger partial charge in [0, 0.05) is 45.1 Å². The molecule has 3 aliphatic rings. The fraction of sp³-hybridized carbons (Fsp3) is 0.655. The standard InChI is InChI=1S/C29H42N4O7/c1-28(2,3)40-27(37)31-16-18(24(30)34)14-19(17-31)25(35)33(20-8-9-20)21-10-11-23-22(15-21)32(12-7-13-38-6)26(36)29(4,5)39-23/h10-11,15,18-20H,7-9,12-14,16-17H2,1-6H3,(H2,30,34). The summed E-state index contributed by atoms with van der Waals surface area (Å²) in [6.07, 6.45) is 1.99. The summed E-state index contributed by atoms with van der Waals surface area (Å²) in [5, 5.41) is 0. The first-order valence-electron chi connectivity index (χ1n) is 14.0. The highest BCUT2D eigenvalue weighted by Crippen LogP contribution is 2.43. The van der Waals surface area contributed by atoms with E-state index in [2.05, 4.69) is 0 Å². The summed E-state index contributed by atoms with van der Waals surface area (Å²) < 4.78 is 16.8. The van der Waals surface area contributed by atoms with Crippen molar-refractivity contribution in [1.82, 2.24) is 4.90 Å². The Morgan fingerprint density at radius 2 is 1.82 bits per heavy atom. The van der Waals surface area contributed by atoms with Gasteiger partial charge < -0.3 is 34.6 Å². The number of amides is 4. The van der Waals surface area contributed by atoms with Crippen LogP contribution in [0.4, 0.5) is 16.2 Å². The third kappa shape index (κ3) is 6.51. The van der Waals surface area contributed by atoms with E-state index in [1.165, 1.54) is 4.90 Å². The fourth-order valence-corrected chi connectivity index (χ4v) is 5.30. The molecule has 2 heterocycles. The third-order valence-electron chi connectivity index (χ3n) is 7.37. The lowest BCUT2D eigenvalue weighted by atomic mass is 9.87. The van der Waals surface area contributed by atoms with E-state index in [-0.39, 0.29) is 37.4 Å². The van der Waals surface area contributed by atoms with Gasteiger partial charge in [0.2, 0.25) is 11.8 Å². The lowest BCUT2D eigenvalue weighted by Crippen LogP contribution is -2.53. The normalized spacial score (nSPS) is 22.3. The van der Waals surface area contributed by atoms with Crippen molar-refractivity contribution in [2.45, 2.75) is 77.5 Å². The Morgan fingerprint density at radius 3 is 2.42 bits per heavy atom. The highest BCUT2D eigenvalue weighted by molar-refractivity contribution is 6.04. The number of hydrogen-bond donors (Lipinski definition) is 1. The number of primary amides is 1. The number of carbonyl (C=O) groups excluding carboxylic acids is 4. The van der Waals surface area contributed by atoms with E-state index in [1.807, 2.05) is 12.1 Å². The zero-order valence-corrected chi connectivity index (χ0v) is 24.4. The molecule has 1 aromatic rings. The van der Waals surface area contributed by atoms with E-state index in [1.54, 1.807) is 57.6 Å². The van der Waals surface area contributed by atoms with Gasteiger partial charge in [0.05, 0.1) is 17.5 Å². The summed E-state index contributed by atoms with van der Waals surface area (Å²) >= 11 is 0. The molecule has 0 radical (unpaired) electrons. The van der Waals surface area contributed by atoms with E-state index >= 15 is 0 Å². The zero-order valence-electron chi connectivity index (χ0n) is 24.4. The SMILES string of the molecule is COCCCN1C(=O)C(C)(C)Oc2ccc(N(C(=O)C3CC(C(N)=O)CN(C(=O)OC(C)(C)C)C3)C3CC3)cc21. The molecule has 2 N–H and O–H groups in total. The van der Waals surface area contributed by atoms with Crippen LogP contribution in [-0.2, 0) is 23.9 Å². The second-order valence-electron chi connectivity index (χ2n) is 12.4. The van der Waals surface area contributed by atoms with Gasteiger partial charge in [-0.05, 0) is 78.5 Å². The first kappa shape index (κ1) is 29.6. The third-order valence-corrected chi connectivity index (χ3v) is 7.37. The highest BCUT2D eigenvalue weighted by Gasteiger charge is 2.45. The van der Waals surface area contributed by atoms with Gasteiger partial charge in [0.25, 0.3) is 5.91 Å². The van der Waals surface area contributed by atoms with Crippen LogP contribution >= 0.6 is 0 Å². The maximum Gasteiger partial charge on any atom is 0.410 e. The van der Waals surface area contributed by atoms with Gasteiger partial charge in [0.15, 0.2) is 5.60 Å². The minimum Gasteiger partial charge on any atom is -0.476 e. The van der Waals surface area contributed by atoms with Gasteiger partial charge in [-0.1, -0.05) is 0 Å². The molecule has 1 aliphatic carbocycles. The monoisotopic (exact) mass is 558 g/mol. The molecule has 2 unspecified atom stereocenters. The van der Waals surface area contributed by atoms with Crippen molar-refractivity contribution in [3.63, 3.8) is 0 Å². The highest BCUT2D eigenvalue weighted by atomic mass is 16.6. The Kier molecular flexibility index (Phi) is 8.35. The van der Waals surface area contributed by atoms with Crippen molar-refractivity contribution >= 4 is 35.2 Å². The van der Waals surface area contributed by atoms with Gasteiger partial charge in [-0.2, -0.15) is 0 Å². The van der Waals surface area contributed by atoms with Crippen molar-refractivity contribution < 1.29 is 33.4 Å². The summed E-state index contributed by atoms with van der Waals surface area (Å²) in [6.45, 7) is 9.97. The molecule has 0 bridgehead atoms. The molecule has 1 saturated carbocycles. The maximum atomic E-state index is 14.1. The number of ether oxygens (including phenoxy) is 3. The van der Waals surface area contributed by atoms with Crippen molar-refractivity contribution in [2.75, 3.05) is 43.2 Å². The van der Waals surface area contributed by atoms with Crippen LogP contribution in [0.25, 0.3) is 0 Å². The van der Waals surface area contributed by atoms with Crippen LogP contribution in [0, 0.1) is 11.8 Å². The largest absolute Gasteiger partial charge is 0.476 e. The Hall–Kier alpha value is -3.34. The van der Waals surface area contributed by atoms with Crippen LogP contribution in [0.1, 0.15) is 60.3 Å². The Bertz CT molecular complexity index is 1160. The molecular formula is C29H42N4O7. The van der Waals surface area contributed by atoms with Gasteiger partial charge in [-0.3, -0.25) is 14.4 Å². The number of nitrogens with zero attached hydrogens (tertiary/aromatic N) is 3. The number of carbonyl (C=O) groups is 4. The molecule has 1 saturated heterocycles. The summed E-state index contributed by atoms with van der Waals surface area (Å²) in [5.41, 5.74) is 5.15. The smallest absolute Gasteiger partial charge is 0.410 e. The van der Waals surface area contributed by atoms with Crippen LogP contribution in [0.2, 0.25) is 0 Å². The molecular weight excluding hydrogens is 516 g/mol. The molecule has 0 spiro atoms. The number of fused-ring (bicyclic) bond motifs is 1. The lowest BCUT2D eigenvalue weighted by molar-refractivity contribution is -0.132. The van der Waals surface area contributed by atoms with Gasteiger partial charge in [-0.25, -0.2) is 4.79 Å². The molecule has 4 rings (SSSR count). The molecule has 11 nitrogen and oxygen atoms in total. The average molecular weight is 559 g/mol. The van der Waals surface area contributed by atoms with Crippen LogP contribution in [0.5, 0.6) is 5.75 Å². The minimum atomic E-state index is -1.02. The fourth-order valence-electron chi connectivity index (χ4n) is 5.30. The van der Waals surface area contributed by atoms with Crippen molar-refractivity contribution in [3.8, 4) is 5.75 Å². The van der Waals surface area contributed by atoms with E-state index in [9.17, 15) is 19.2 Å². The number of hydrogen-bond acceptors (Lipinski definition) is 7. The van der Waals surface area contributed by atoms with E-state index in [0.29, 0.717) is 36.7 Å². The summed E-state index contributed by atoms with van der Waals surface area (Å²) in [7, 11) is 1.62. The second kappa shape index (κ2) is 11.3. The summed E-state index contributed by atoms with van der Waals surface area (Å²) in [5.74, 6) is -1.63. The Morgan fingerprint density at radius 1 is 1.15 bits per heavy atom. The van der Waals surface area contributed by atoms with Crippen LogP contribution < -0.4 is 20.3 Å². The van der Waals surface area contributed by atoms with Crippen LogP contribution in [-0.4, -0.2) is 79.3 Å². The topological polar surface area (TPSA) is 132 Å². The van der Waals surface area contributed by atoms with Gasteiger partial charge >= 0.3 is 6.09 Å². The summed E-state index contributed by atoms with van der Waals surface area (Å²) in [6, 6.07) is 5.44. The number of rotatable bonds is 8.